The van der Waals surface area contributed by atoms with Crippen LogP contribution in [0.1, 0.15) is 71.1 Å². The molecule has 1 aliphatic rings. The third-order valence-electron chi connectivity index (χ3n) is 3.74. The molecule has 0 saturated carbocycles. The van der Waals surface area contributed by atoms with E-state index < -0.39 is 16.5 Å². The van der Waals surface area contributed by atoms with E-state index in [-0.39, 0.29) is 19.5 Å². The van der Waals surface area contributed by atoms with Crippen molar-refractivity contribution in [1.29, 1.82) is 0 Å². The van der Waals surface area contributed by atoms with Crippen LogP contribution in [-0.4, -0.2) is 38.6 Å². The van der Waals surface area contributed by atoms with Crippen LogP contribution in [0.4, 0.5) is 0 Å². The Bertz CT molecular complexity index is 362. The van der Waals surface area contributed by atoms with Crippen LogP contribution in [0, 0.1) is 0 Å². The van der Waals surface area contributed by atoms with Crippen LogP contribution in [0.2, 0.25) is 0 Å². The lowest BCUT2D eigenvalue weighted by atomic mass is 10.1. The molecule has 132 valence electrons. The van der Waals surface area contributed by atoms with Gasteiger partial charge in [0.25, 0.3) is 0 Å². The van der Waals surface area contributed by atoms with Gasteiger partial charge >= 0.3 is 10.4 Å². The van der Waals surface area contributed by atoms with Gasteiger partial charge in [-0.3, -0.25) is 4.55 Å². The zero-order valence-corrected chi connectivity index (χ0v) is 14.4. The molecule has 0 aromatic heterocycles. The van der Waals surface area contributed by atoms with Crippen molar-refractivity contribution in [3.05, 3.63) is 0 Å². The van der Waals surface area contributed by atoms with Crippen LogP contribution in [-0.2, 0) is 24.1 Å². The molecular formula is C15H30O6S. The fraction of sp³-hybridized carbons (Fsp3) is 1.00. The zero-order valence-electron chi connectivity index (χ0n) is 13.5. The molecule has 0 bridgehead atoms. The van der Waals surface area contributed by atoms with Gasteiger partial charge in [0.15, 0.2) is 6.29 Å². The maximum absolute atomic E-state index is 10.6. The fourth-order valence-electron chi connectivity index (χ4n) is 2.54. The van der Waals surface area contributed by atoms with E-state index in [1.54, 1.807) is 0 Å². The molecule has 1 N–H and O–H groups in total. The van der Waals surface area contributed by atoms with E-state index in [2.05, 4.69) is 11.1 Å². The molecule has 6 nitrogen and oxygen atoms in total. The molecule has 1 heterocycles. The second-order valence-corrected chi connectivity index (χ2v) is 6.91. The van der Waals surface area contributed by atoms with E-state index in [1.807, 2.05) is 0 Å². The largest absolute Gasteiger partial charge is 0.397 e. The molecule has 0 aromatic carbocycles. The van der Waals surface area contributed by atoms with Crippen molar-refractivity contribution in [3.63, 3.8) is 0 Å². The second-order valence-electron chi connectivity index (χ2n) is 5.86. The van der Waals surface area contributed by atoms with Crippen molar-refractivity contribution < 1.29 is 26.6 Å². The number of ether oxygens (including phenoxy) is 2. The standard InChI is InChI=1S/C15H30O6S/c1-2-3-4-5-6-7-8-9-10-11-15-19-12-14(13-20-15)21-22(16,17)18/h14-15H,2-13H2,1H3,(H,16,17,18)/t14-,15-. The minimum Gasteiger partial charge on any atom is -0.350 e. The van der Waals surface area contributed by atoms with Gasteiger partial charge in [-0.1, -0.05) is 58.3 Å². The van der Waals surface area contributed by atoms with Gasteiger partial charge in [0.2, 0.25) is 0 Å². The molecule has 1 rings (SSSR count). The normalized spacial score (nSPS) is 22.8. The molecular weight excluding hydrogens is 308 g/mol. The molecule has 0 spiro atoms. The summed E-state index contributed by atoms with van der Waals surface area (Å²) in [5.74, 6) is 0. The predicted octanol–water partition coefficient (Wildman–Crippen LogP) is 3.47. The summed E-state index contributed by atoms with van der Waals surface area (Å²) in [4.78, 5) is 0. The first kappa shape index (κ1) is 19.8. The highest BCUT2D eigenvalue weighted by molar-refractivity contribution is 7.80. The average molecular weight is 338 g/mol. The van der Waals surface area contributed by atoms with Crippen LogP contribution >= 0.6 is 0 Å². The highest BCUT2D eigenvalue weighted by Crippen LogP contribution is 2.17. The Morgan fingerprint density at radius 2 is 1.45 bits per heavy atom. The van der Waals surface area contributed by atoms with Gasteiger partial charge in [0, 0.05) is 0 Å². The van der Waals surface area contributed by atoms with Crippen molar-refractivity contribution in [3.8, 4) is 0 Å². The minimum absolute atomic E-state index is 0.127. The van der Waals surface area contributed by atoms with E-state index in [0.717, 1.165) is 12.8 Å². The molecule has 0 unspecified atom stereocenters. The summed E-state index contributed by atoms with van der Waals surface area (Å²) in [7, 11) is -4.44. The average Bonchev–Trinajstić information content (AvgIpc) is 2.46. The van der Waals surface area contributed by atoms with Gasteiger partial charge in [0.05, 0.1) is 13.2 Å². The summed E-state index contributed by atoms with van der Waals surface area (Å²) >= 11 is 0. The smallest absolute Gasteiger partial charge is 0.350 e. The van der Waals surface area contributed by atoms with Crippen molar-refractivity contribution in [1.82, 2.24) is 0 Å². The Labute approximate surface area is 134 Å². The highest BCUT2D eigenvalue weighted by atomic mass is 32.3. The summed E-state index contributed by atoms with van der Waals surface area (Å²) in [5.41, 5.74) is 0. The minimum atomic E-state index is -4.44. The van der Waals surface area contributed by atoms with Gasteiger partial charge in [-0.15, -0.1) is 0 Å². The first-order valence-corrected chi connectivity index (χ1v) is 9.76. The number of hydrogen-bond donors (Lipinski definition) is 1. The Kier molecular flexibility index (Phi) is 10.2. The van der Waals surface area contributed by atoms with Crippen LogP contribution in [0.5, 0.6) is 0 Å². The lowest BCUT2D eigenvalue weighted by Crippen LogP contribution is -2.38. The Morgan fingerprint density at radius 1 is 0.955 bits per heavy atom. The Balaban J connectivity index is 1.93. The molecule has 1 aliphatic heterocycles. The molecule has 0 atom stereocenters. The van der Waals surface area contributed by atoms with Gasteiger partial charge in [0.1, 0.15) is 6.10 Å². The van der Waals surface area contributed by atoms with E-state index in [4.69, 9.17) is 14.0 Å². The van der Waals surface area contributed by atoms with Crippen LogP contribution in [0.3, 0.4) is 0 Å². The topological polar surface area (TPSA) is 82.1 Å². The van der Waals surface area contributed by atoms with Crippen LogP contribution in [0.25, 0.3) is 0 Å². The zero-order chi connectivity index (χ0) is 16.3. The fourth-order valence-corrected chi connectivity index (χ4v) is 3.00. The molecule has 0 aliphatic carbocycles. The molecule has 22 heavy (non-hydrogen) atoms. The van der Waals surface area contributed by atoms with Crippen molar-refractivity contribution in [2.45, 2.75) is 83.5 Å². The molecule has 0 aromatic rings. The van der Waals surface area contributed by atoms with Crippen molar-refractivity contribution in [2.24, 2.45) is 0 Å². The second kappa shape index (κ2) is 11.3. The molecule has 7 heteroatoms. The third kappa shape index (κ3) is 10.5. The van der Waals surface area contributed by atoms with E-state index in [1.165, 1.54) is 51.4 Å². The third-order valence-corrected chi connectivity index (χ3v) is 4.25. The molecule has 1 saturated heterocycles. The number of unbranched alkanes of at least 4 members (excludes halogenated alkanes) is 8. The monoisotopic (exact) mass is 338 g/mol. The van der Waals surface area contributed by atoms with Gasteiger partial charge in [-0.05, 0) is 12.8 Å². The Hall–Kier alpha value is -0.210. The van der Waals surface area contributed by atoms with Gasteiger partial charge in [-0.2, -0.15) is 8.42 Å². The van der Waals surface area contributed by atoms with Crippen molar-refractivity contribution in [2.75, 3.05) is 13.2 Å². The van der Waals surface area contributed by atoms with Crippen molar-refractivity contribution >= 4 is 10.4 Å². The number of hydrogen-bond acceptors (Lipinski definition) is 5. The Morgan fingerprint density at radius 3 is 1.95 bits per heavy atom. The van der Waals surface area contributed by atoms with E-state index >= 15 is 0 Å². The van der Waals surface area contributed by atoms with E-state index in [9.17, 15) is 8.42 Å². The maximum atomic E-state index is 10.6. The SMILES string of the molecule is CCCCCCCCCCC[C@H]1OC[C@H](OS(=O)(=O)O)CO1. The van der Waals surface area contributed by atoms with Crippen LogP contribution < -0.4 is 0 Å². The van der Waals surface area contributed by atoms with Gasteiger partial charge < -0.3 is 9.47 Å². The predicted molar refractivity (Wildman–Crippen MR) is 84.0 cm³/mol. The van der Waals surface area contributed by atoms with Gasteiger partial charge in [-0.25, -0.2) is 4.18 Å². The summed E-state index contributed by atoms with van der Waals surface area (Å²) < 4.78 is 44.9. The molecule has 1 fully saturated rings. The quantitative estimate of drug-likeness (QED) is 0.433. The summed E-state index contributed by atoms with van der Waals surface area (Å²) in [6, 6.07) is 0. The lowest BCUT2D eigenvalue weighted by Gasteiger charge is -2.28. The molecule has 0 amide bonds. The van der Waals surface area contributed by atoms with E-state index in [0.29, 0.717) is 0 Å². The lowest BCUT2D eigenvalue weighted by molar-refractivity contribution is -0.213. The summed E-state index contributed by atoms with van der Waals surface area (Å²) in [6.07, 6.45) is 11.2. The summed E-state index contributed by atoms with van der Waals surface area (Å²) in [5, 5.41) is 0. The number of rotatable bonds is 12. The first-order valence-electron chi connectivity index (χ1n) is 8.40. The maximum Gasteiger partial charge on any atom is 0.397 e. The highest BCUT2D eigenvalue weighted by Gasteiger charge is 2.26. The molecule has 0 radical (unpaired) electrons. The first-order chi connectivity index (χ1) is 10.5. The summed E-state index contributed by atoms with van der Waals surface area (Å²) in [6.45, 7) is 2.48. The van der Waals surface area contributed by atoms with Crippen LogP contribution in [0.15, 0.2) is 0 Å².